The van der Waals surface area contributed by atoms with E-state index in [0.29, 0.717) is 0 Å². The standard InChI is InChI=1S/C11H18N2/c1-12-6-9-4-3-5-10-7-13(2)8-11(9)10/h7-9,12H,3-6H2,1-2H3. The highest BCUT2D eigenvalue weighted by Gasteiger charge is 2.20. The van der Waals surface area contributed by atoms with E-state index in [1.165, 1.54) is 19.3 Å². The van der Waals surface area contributed by atoms with Gasteiger partial charge in [-0.2, -0.15) is 0 Å². The number of rotatable bonds is 2. The third-order valence-corrected chi connectivity index (χ3v) is 2.96. The Morgan fingerprint density at radius 1 is 1.54 bits per heavy atom. The SMILES string of the molecule is CNCC1CCCc2cn(C)cc21. The molecule has 1 aliphatic rings. The summed E-state index contributed by atoms with van der Waals surface area (Å²) in [6.45, 7) is 1.12. The van der Waals surface area contributed by atoms with Crippen LogP contribution in [-0.2, 0) is 13.5 Å². The molecule has 0 fully saturated rings. The lowest BCUT2D eigenvalue weighted by molar-refractivity contribution is 0.531. The second-order valence-corrected chi connectivity index (χ2v) is 4.05. The molecule has 13 heavy (non-hydrogen) atoms. The van der Waals surface area contributed by atoms with Gasteiger partial charge in [-0.25, -0.2) is 0 Å². The number of hydrogen-bond donors (Lipinski definition) is 1. The maximum atomic E-state index is 3.28. The summed E-state index contributed by atoms with van der Waals surface area (Å²) >= 11 is 0. The largest absolute Gasteiger partial charge is 0.357 e. The molecule has 2 nitrogen and oxygen atoms in total. The molecule has 1 N–H and O–H groups in total. The molecule has 0 amide bonds. The van der Waals surface area contributed by atoms with Gasteiger partial charge in [-0.05, 0) is 43.4 Å². The minimum atomic E-state index is 0.745. The molecule has 2 heteroatoms. The Morgan fingerprint density at radius 2 is 2.38 bits per heavy atom. The van der Waals surface area contributed by atoms with E-state index in [9.17, 15) is 0 Å². The van der Waals surface area contributed by atoms with Crippen molar-refractivity contribution in [2.24, 2.45) is 7.05 Å². The van der Waals surface area contributed by atoms with Crippen LogP contribution in [0.4, 0.5) is 0 Å². The Kier molecular flexibility index (Phi) is 2.40. The summed E-state index contributed by atoms with van der Waals surface area (Å²) in [7, 11) is 4.16. The molecule has 72 valence electrons. The first-order chi connectivity index (χ1) is 6.31. The van der Waals surface area contributed by atoms with Crippen LogP contribution in [0, 0.1) is 0 Å². The average molecular weight is 178 g/mol. The van der Waals surface area contributed by atoms with E-state index in [1.807, 2.05) is 7.05 Å². The van der Waals surface area contributed by atoms with Gasteiger partial charge in [0.1, 0.15) is 0 Å². The topological polar surface area (TPSA) is 17.0 Å². The van der Waals surface area contributed by atoms with E-state index in [-0.39, 0.29) is 0 Å². The van der Waals surface area contributed by atoms with Crippen molar-refractivity contribution in [1.82, 2.24) is 9.88 Å². The first-order valence-corrected chi connectivity index (χ1v) is 5.10. The smallest absolute Gasteiger partial charge is 0.0106 e. The summed E-state index contributed by atoms with van der Waals surface area (Å²) in [4.78, 5) is 0. The van der Waals surface area contributed by atoms with Gasteiger partial charge >= 0.3 is 0 Å². The summed E-state index contributed by atoms with van der Waals surface area (Å²) in [6, 6.07) is 0. The number of hydrogen-bond acceptors (Lipinski definition) is 1. The van der Waals surface area contributed by atoms with Crippen molar-refractivity contribution in [3.63, 3.8) is 0 Å². The van der Waals surface area contributed by atoms with E-state index in [1.54, 1.807) is 11.1 Å². The van der Waals surface area contributed by atoms with Gasteiger partial charge < -0.3 is 9.88 Å². The second-order valence-electron chi connectivity index (χ2n) is 4.05. The van der Waals surface area contributed by atoms with E-state index < -0.39 is 0 Å². The van der Waals surface area contributed by atoms with Gasteiger partial charge in [0, 0.05) is 26.0 Å². The molecule has 0 spiro atoms. The van der Waals surface area contributed by atoms with E-state index in [0.717, 1.165) is 12.5 Å². The van der Waals surface area contributed by atoms with E-state index in [2.05, 4.69) is 29.3 Å². The fourth-order valence-electron chi connectivity index (χ4n) is 2.39. The van der Waals surface area contributed by atoms with Crippen molar-refractivity contribution >= 4 is 0 Å². The minimum Gasteiger partial charge on any atom is -0.357 e. The summed E-state index contributed by atoms with van der Waals surface area (Å²) in [5.74, 6) is 0.745. The van der Waals surface area contributed by atoms with Gasteiger partial charge in [0.05, 0.1) is 0 Å². The fraction of sp³-hybridized carbons (Fsp3) is 0.636. The van der Waals surface area contributed by atoms with Gasteiger partial charge in [-0.15, -0.1) is 0 Å². The number of aryl methyl sites for hydroxylation is 2. The molecule has 0 aliphatic heterocycles. The number of likely N-dealkylation sites (N-methyl/N-ethyl adjacent to an activating group) is 1. The van der Waals surface area contributed by atoms with Crippen LogP contribution in [0.1, 0.15) is 29.9 Å². The third kappa shape index (κ3) is 1.63. The van der Waals surface area contributed by atoms with Crippen LogP contribution in [0.15, 0.2) is 12.4 Å². The summed E-state index contributed by atoms with van der Waals surface area (Å²) in [6.07, 6.45) is 8.53. The summed E-state index contributed by atoms with van der Waals surface area (Å²) in [5.41, 5.74) is 3.14. The van der Waals surface area contributed by atoms with Crippen LogP contribution in [0.25, 0.3) is 0 Å². The molecule has 0 saturated carbocycles. The van der Waals surface area contributed by atoms with Crippen LogP contribution < -0.4 is 5.32 Å². The maximum Gasteiger partial charge on any atom is 0.0106 e. The number of nitrogens with zero attached hydrogens (tertiary/aromatic N) is 1. The Bertz CT molecular complexity index is 288. The normalized spacial score (nSPS) is 21.5. The van der Waals surface area contributed by atoms with Crippen LogP contribution >= 0.6 is 0 Å². The van der Waals surface area contributed by atoms with Crippen molar-refractivity contribution in [2.45, 2.75) is 25.2 Å². The molecule has 1 heterocycles. The van der Waals surface area contributed by atoms with Crippen molar-refractivity contribution in [1.29, 1.82) is 0 Å². The monoisotopic (exact) mass is 178 g/mol. The summed E-state index contributed by atoms with van der Waals surface area (Å²) < 4.78 is 2.19. The van der Waals surface area contributed by atoms with Crippen molar-refractivity contribution in [3.8, 4) is 0 Å². The highest BCUT2D eigenvalue weighted by atomic mass is 14.9. The van der Waals surface area contributed by atoms with Gasteiger partial charge in [-0.3, -0.25) is 0 Å². The first kappa shape index (κ1) is 8.82. The number of aromatic nitrogens is 1. The Morgan fingerprint density at radius 3 is 3.15 bits per heavy atom. The van der Waals surface area contributed by atoms with E-state index in [4.69, 9.17) is 0 Å². The van der Waals surface area contributed by atoms with Crippen LogP contribution in [0.5, 0.6) is 0 Å². The minimum absolute atomic E-state index is 0.745. The third-order valence-electron chi connectivity index (χ3n) is 2.96. The quantitative estimate of drug-likeness (QED) is 0.729. The maximum absolute atomic E-state index is 3.28. The molecular formula is C11H18N2. The lowest BCUT2D eigenvalue weighted by atomic mass is 9.85. The number of fused-ring (bicyclic) bond motifs is 1. The van der Waals surface area contributed by atoms with Crippen LogP contribution in [0.3, 0.4) is 0 Å². The molecule has 1 aliphatic carbocycles. The predicted octanol–water partition coefficient (Wildman–Crippen LogP) is 1.66. The fourth-order valence-corrected chi connectivity index (χ4v) is 2.39. The van der Waals surface area contributed by atoms with Gasteiger partial charge in [0.2, 0.25) is 0 Å². The van der Waals surface area contributed by atoms with Crippen molar-refractivity contribution < 1.29 is 0 Å². The second kappa shape index (κ2) is 3.54. The predicted molar refractivity (Wildman–Crippen MR) is 55.0 cm³/mol. The van der Waals surface area contributed by atoms with Crippen molar-refractivity contribution in [3.05, 3.63) is 23.5 Å². The highest BCUT2D eigenvalue weighted by Crippen LogP contribution is 2.31. The molecule has 1 aromatic rings. The van der Waals surface area contributed by atoms with Gasteiger partial charge in [0.25, 0.3) is 0 Å². The molecular weight excluding hydrogens is 160 g/mol. The highest BCUT2D eigenvalue weighted by molar-refractivity contribution is 5.30. The zero-order valence-electron chi connectivity index (χ0n) is 8.51. The first-order valence-electron chi connectivity index (χ1n) is 5.10. The Balaban J connectivity index is 2.25. The van der Waals surface area contributed by atoms with Gasteiger partial charge in [-0.1, -0.05) is 0 Å². The van der Waals surface area contributed by atoms with Crippen molar-refractivity contribution in [2.75, 3.05) is 13.6 Å². The Hall–Kier alpha value is -0.760. The Labute approximate surface area is 79.9 Å². The van der Waals surface area contributed by atoms with Crippen LogP contribution in [-0.4, -0.2) is 18.2 Å². The average Bonchev–Trinajstić information content (AvgIpc) is 2.47. The lowest BCUT2D eigenvalue weighted by Gasteiger charge is -2.21. The number of nitrogens with one attached hydrogen (secondary N) is 1. The molecule has 1 unspecified atom stereocenters. The molecule has 0 saturated heterocycles. The molecule has 2 rings (SSSR count). The van der Waals surface area contributed by atoms with Gasteiger partial charge in [0.15, 0.2) is 0 Å². The van der Waals surface area contributed by atoms with E-state index >= 15 is 0 Å². The molecule has 1 atom stereocenters. The molecule has 0 bridgehead atoms. The molecule has 0 aromatic carbocycles. The molecule has 0 radical (unpaired) electrons. The molecule has 1 aromatic heterocycles. The zero-order chi connectivity index (χ0) is 9.26. The zero-order valence-corrected chi connectivity index (χ0v) is 8.51. The summed E-state index contributed by atoms with van der Waals surface area (Å²) in [5, 5.41) is 3.28. The lowest BCUT2D eigenvalue weighted by Crippen LogP contribution is -2.20. The van der Waals surface area contributed by atoms with Crippen LogP contribution in [0.2, 0.25) is 0 Å².